The highest BCUT2D eigenvalue weighted by atomic mass is 16.4. The molecule has 0 saturated heterocycles. The van der Waals surface area contributed by atoms with Crippen LogP contribution in [0.4, 0.5) is 0 Å². The van der Waals surface area contributed by atoms with Crippen molar-refractivity contribution in [2.75, 3.05) is 0 Å². The average molecular weight is 234 g/mol. The molecule has 0 spiro atoms. The van der Waals surface area contributed by atoms with Gasteiger partial charge in [0.05, 0.1) is 5.56 Å². The van der Waals surface area contributed by atoms with E-state index in [1.165, 1.54) is 18.3 Å². The van der Waals surface area contributed by atoms with Crippen LogP contribution in [0.15, 0.2) is 18.3 Å². The van der Waals surface area contributed by atoms with Crippen molar-refractivity contribution in [2.24, 2.45) is 5.92 Å². The molecule has 1 aliphatic rings. The molecule has 1 aromatic rings. The number of hydrogen-bond donors (Lipinski definition) is 2. The lowest BCUT2D eigenvalue weighted by molar-refractivity contribution is 0.0689. The first-order valence-corrected chi connectivity index (χ1v) is 5.58. The first-order valence-electron chi connectivity index (χ1n) is 5.58. The molecule has 1 saturated carbocycles. The van der Waals surface area contributed by atoms with E-state index in [9.17, 15) is 9.59 Å². The first-order chi connectivity index (χ1) is 8.09. The summed E-state index contributed by atoms with van der Waals surface area (Å²) in [5.74, 6) is -1.03. The minimum absolute atomic E-state index is 0.0208. The Bertz CT molecular complexity index is 455. The number of aromatic nitrogens is 1. The topological polar surface area (TPSA) is 79.3 Å². The molecular formula is C12H14N2O3. The molecule has 1 fully saturated rings. The van der Waals surface area contributed by atoms with Crippen molar-refractivity contribution in [3.05, 3.63) is 29.6 Å². The van der Waals surface area contributed by atoms with Crippen LogP contribution in [0.5, 0.6) is 0 Å². The van der Waals surface area contributed by atoms with E-state index >= 15 is 0 Å². The van der Waals surface area contributed by atoms with Crippen molar-refractivity contribution in [1.82, 2.24) is 10.3 Å². The number of amides is 1. The monoisotopic (exact) mass is 234 g/mol. The third-order valence-corrected chi connectivity index (χ3v) is 2.94. The summed E-state index contributed by atoms with van der Waals surface area (Å²) in [6.07, 6.45) is 3.66. The first kappa shape index (κ1) is 11.6. The largest absolute Gasteiger partial charge is 0.478 e. The molecule has 0 bridgehead atoms. The molecule has 1 amide bonds. The van der Waals surface area contributed by atoms with Crippen molar-refractivity contribution in [3.8, 4) is 0 Å². The summed E-state index contributed by atoms with van der Waals surface area (Å²) in [6.45, 7) is 1.93. The van der Waals surface area contributed by atoms with Gasteiger partial charge in [-0.15, -0.1) is 0 Å². The molecule has 2 rings (SSSR count). The molecule has 1 atom stereocenters. The van der Waals surface area contributed by atoms with Crippen LogP contribution in [0.3, 0.4) is 0 Å². The Labute approximate surface area is 98.9 Å². The summed E-state index contributed by atoms with van der Waals surface area (Å²) >= 11 is 0. The summed E-state index contributed by atoms with van der Waals surface area (Å²) in [6, 6.07) is 2.96. The summed E-state index contributed by atoms with van der Waals surface area (Å²) in [5.41, 5.74) is -0.0829. The van der Waals surface area contributed by atoms with Gasteiger partial charge in [0.2, 0.25) is 0 Å². The molecule has 1 aliphatic carbocycles. The fourth-order valence-corrected chi connectivity index (χ4v) is 1.75. The molecule has 1 unspecified atom stereocenters. The summed E-state index contributed by atoms with van der Waals surface area (Å²) in [5, 5.41) is 11.7. The molecule has 17 heavy (non-hydrogen) atoms. The minimum Gasteiger partial charge on any atom is -0.478 e. The molecule has 5 nitrogen and oxygen atoms in total. The van der Waals surface area contributed by atoms with E-state index in [2.05, 4.69) is 10.3 Å². The van der Waals surface area contributed by atoms with Crippen LogP contribution in [0.1, 0.15) is 40.6 Å². The van der Waals surface area contributed by atoms with Gasteiger partial charge in [-0.2, -0.15) is 0 Å². The SMILES string of the molecule is CC(NC(=O)c1ncccc1C(=O)O)C1CC1. The van der Waals surface area contributed by atoms with Crippen LogP contribution in [-0.4, -0.2) is 28.0 Å². The zero-order chi connectivity index (χ0) is 12.4. The number of carbonyl (C=O) groups excluding carboxylic acids is 1. The fraction of sp³-hybridized carbons (Fsp3) is 0.417. The Kier molecular flexibility index (Phi) is 3.08. The molecule has 5 heteroatoms. The van der Waals surface area contributed by atoms with Gasteiger partial charge in [-0.1, -0.05) is 0 Å². The molecule has 0 aliphatic heterocycles. The van der Waals surface area contributed by atoms with Gasteiger partial charge >= 0.3 is 5.97 Å². The highest BCUT2D eigenvalue weighted by molar-refractivity contribution is 6.03. The molecule has 1 heterocycles. The van der Waals surface area contributed by atoms with Crippen molar-refractivity contribution in [2.45, 2.75) is 25.8 Å². The van der Waals surface area contributed by atoms with E-state index in [0.29, 0.717) is 5.92 Å². The second-order valence-corrected chi connectivity index (χ2v) is 4.30. The van der Waals surface area contributed by atoms with Crippen molar-refractivity contribution in [3.63, 3.8) is 0 Å². The van der Waals surface area contributed by atoms with E-state index in [4.69, 9.17) is 5.11 Å². The number of nitrogens with zero attached hydrogens (tertiary/aromatic N) is 1. The molecule has 2 N–H and O–H groups in total. The normalized spacial score (nSPS) is 16.3. The summed E-state index contributed by atoms with van der Waals surface area (Å²) in [7, 11) is 0. The number of carboxylic acid groups (broad SMARTS) is 1. The number of rotatable bonds is 4. The second-order valence-electron chi connectivity index (χ2n) is 4.30. The van der Waals surface area contributed by atoms with E-state index in [1.807, 2.05) is 6.92 Å². The highest BCUT2D eigenvalue weighted by Gasteiger charge is 2.30. The molecule has 1 aromatic heterocycles. The van der Waals surface area contributed by atoms with Gasteiger partial charge in [0, 0.05) is 12.2 Å². The second kappa shape index (κ2) is 4.53. The number of carbonyl (C=O) groups is 2. The Balaban J connectivity index is 2.15. The van der Waals surface area contributed by atoms with E-state index in [1.54, 1.807) is 0 Å². The highest BCUT2D eigenvalue weighted by Crippen LogP contribution is 2.32. The number of carboxylic acids is 1. The molecule has 0 aromatic carbocycles. The van der Waals surface area contributed by atoms with Gasteiger partial charge in [0.25, 0.3) is 5.91 Å². The van der Waals surface area contributed by atoms with Crippen LogP contribution < -0.4 is 5.32 Å². The third kappa shape index (κ3) is 2.61. The van der Waals surface area contributed by atoms with E-state index < -0.39 is 11.9 Å². The van der Waals surface area contributed by atoms with Crippen LogP contribution in [0.25, 0.3) is 0 Å². The van der Waals surface area contributed by atoms with Crippen LogP contribution in [-0.2, 0) is 0 Å². The summed E-state index contributed by atoms with van der Waals surface area (Å²) < 4.78 is 0. The maximum atomic E-state index is 11.9. The lowest BCUT2D eigenvalue weighted by Gasteiger charge is -2.13. The Morgan fingerprint density at radius 3 is 2.82 bits per heavy atom. The minimum atomic E-state index is -1.14. The summed E-state index contributed by atoms with van der Waals surface area (Å²) in [4.78, 5) is 26.7. The molecule has 0 radical (unpaired) electrons. The number of hydrogen-bond acceptors (Lipinski definition) is 3. The maximum absolute atomic E-state index is 11.9. The van der Waals surface area contributed by atoms with Gasteiger partial charge in [-0.05, 0) is 37.8 Å². The Morgan fingerprint density at radius 2 is 2.24 bits per heavy atom. The Hall–Kier alpha value is -1.91. The van der Waals surface area contributed by atoms with Gasteiger partial charge in [0.1, 0.15) is 5.69 Å². The van der Waals surface area contributed by atoms with Gasteiger partial charge < -0.3 is 10.4 Å². The average Bonchev–Trinajstić information content (AvgIpc) is 3.12. The third-order valence-electron chi connectivity index (χ3n) is 2.94. The van der Waals surface area contributed by atoms with Gasteiger partial charge in [0.15, 0.2) is 0 Å². The van der Waals surface area contributed by atoms with Crippen LogP contribution >= 0.6 is 0 Å². The quantitative estimate of drug-likeness (QED) is 0.823. The van der Waals surface area contributed by atoms with Crippen molar-refractivity contribution < 1.29 is 14.7 Å². The number of nitrogens with one attached hydrogen (secondary N) is 1. The molecular weight excluding hydrogens is 220 g/mol. The standard InChI is InChI=1S/C12H14N2O3/c1-7(8-4-5-8)14-11(15)10-9(12(16)17)3-2-6-13-10/h2-3,6-8H,4-5H2,1H3,(H,14,15)(H,16,17). The van der Waals surface area contributed by atoms with E-state index in [0.717, 1.165) is 12.8 Å². The maximum Gasteiger partial charge on any atom is 0.338 e. The van der Waals surface area contributed by atoms with Crippen LogP contribution in [0.2, 0.25) is 0 Å². The smallest absolute Gasteiger partial charge is 0.338 e. The van der Waals surface area contributed by atoms with Crippen LogP contribution in [0, 0.1) is 5.92 Å². The molecule has 90 valence electrons. The number of aromatic carboxylic acids is 1. The van der Waals surface area contributed by atoms with Crippen molar-refractivity contribution in [1.29, 1.82) is 0 Å². The van der Waals surface area contributed by atoms with Gasteiger partial charge in [-0.3, -0.25) is 9.78 Å². The van der Waals surface area contributed by atoms with E-state index in [-0.39, 0.29) is 17.3 Å². The Morgan fingerprint density at radius 1 is 1.53 bits per heavy atom. The number of pyridine rings is 1. The van der Waals surface area contributed by atoms with Gasteiger partial charge in [-0.25, -0.2) is 4.79 Å². The zero-order valence-corrected chi connectivity index (χ0v) is 9.51. The zero-order valence-electron chi connectivity index (χ0n) is 9.51. The fourth-order valence-electron chi connectivity index (χ4n) is 1.75. The lowest BCUT2D eigenvalue weighted by Crippen LogP contribution is -2.35. The lowest BCUT2D eigenvalue weighted by atomic mass is 10.1. The predicted octanol–water partition coefficient (Wildman–Crippen LogP) is 1.31. The predicted molar refractivity (Wildman–Crippen MR) is 60.8 cm³/mol. The van der Waals surface area contributed by atoms with Crippen molar-refractivity contribution >= 4 is 11.9 Å².